The highest BCUT2D eigenvalue weighted by Gasteiger charge is 2.09. The second-order valence-electron chi connectivity index (χ2n) is 3.79. The lowest BCUT2D eigenvalue weighted by Crippen LogP contribution is -1.85. The number of phenolic OH excluding ortho intramolecular Hbond substituents is 1. The minimum atomic E-state index is 0.397. The molecular formula is C13H9ClOS2. The first-order valence-corrected chi connectivity index (χ1v) is 7.24. The van der Waals surface area contributed by atoms with Crippen LogP contribution in [0.2, 0.25) is 4.34 Å². The summed E-state index contributed by atoms with van der Waals surface area (Å²) in [6.07, 6.45) is 0.731. The van der Waals surface area contributed by atoms with Crippen molar-refractivity contribution < 1.29 is 5.11 Å². The normalized spacial score (nSPS) is 11.1. The average Bonchev–Trinajstić information content (AvgIpc) is 2.92. The summed E-state index contributed by atoms with van der Waals surface area (Å²) in [6.45, 7) is 0. The molecule has 4 heteroatoms. The lowest BCUT2D eigenvalue weighted by molar-refractivity contribution is 0.476. The maximum Gasteiger partial charge on any atom is 0.127 e. The van der Waals surface area contributed by atoms with Gasteiger partial charge in [0.2, 0.25) is 0 Å². The van der Waals surface area contributed by atoms with E-state index in [0.717, 1.165) is 26.4 Å². The molecular weight excluding hydrogens is 272 g/mol. The third-order valence-electron chi connectivity index (χ3n) is 2.68. The standard InChI is InChI=1S/C13H9ClOS2/c14-12-4-2-9(17-12)7-8-1-3-11-10(13(8)15)5-6-16-11/h1-6,15H,7H2. The summed E-state index contributed by atoms with van der Waals surface area (Å²) in [6, 6.07) is 9.90. The van der Waals surface area contributed by atoms with E-state index in [0.29, 0.717) is 5.75 Å². The Morgan fingerprint density at radius 2 is 2.00 bits per heavy atom. The number of fused-ring (bicyclic) bond motifs is 1. The van der Waals surface area contributed by atoms with Crippen LogP contribution in [0.25, 0.3) is 10.1 Å². The van der Waals surface area contributed by atoms with Crippen LogP contribution in [0.5, 0.6) is 5.75 Å². The van der Waals surface area contributed by atoms with E-state index < -0.39 is 0 Å². The minimum Gasteiger partial charge on any atom is -0.507 e. The smallest absolute Gasteiger partial charge is 0.127 e. The van der Waals surface area contributed by atoms with Crippen molar-refractivity contribution in [2.75, 3.05) is 0 Å². The van der Waals surface area contributed by atoms with E-state index in [1.165, 1.54) is 4.88 Å². The molecule has 0 atom stereocenters. The van der Waals surface area contributed by atoms with Gasteiger partial charge in [-0.15, -0.1) is 22.7 Å². The number of hydrogen-bond acceptors (Lipinski definition) is 3. The van der Waals surface area contributed by atoms with E-state index in [9.17, 15) is 5.11 Å². The zero-order valence-electron chi connectivity index (χ0n) is 8.81. The van der Waals surface area contributed by atoms with Crippen molar-refractivity contribution in [3.8, 4) is 5.75 Å². The number of aromatic hydroxyl groups is 1. The fraction of sp³-hybridized carbons (Fsp3) is 0.0769. The summed E-state index contributed by atoms with van der Waals surface area (Å²) in [5, 5.41) is 13.1. The molecule has 1 nitrogen and oxygen atoms in total. The summed E-state index contributed by atoms with van der Waals surface area (Å²) >= 11 is 9.10. The quantitative estimate of drug-likeness (QED) is 0.707. The van der Waals surface area contributed by atoms with Crippen molar-refractivity contribution in [2.24, 2.45) is 0 Å². The maximum absolute atomic E-state index is 10.2. The Morgan fingerprint density at radius 1 is 1.12 bits per heavy atom. The van der Waals surface area contributed by atoms with Crippen LogP contribution in [-0.2, 0) is 6.42 Å². The van der Waals surface area contributed by atoms with Crippen molar-refractivity contribution in [3.05, 3.63) is 50.5 Å². The van der Waals surface area contributed by atoms with Gasteiger partial charge in [0.1, 0.15) is 5.75 Å². The van der Waals surface area contributed by atoms with Gasteiger partial charge in [0.05, 0.1) is 4.34 Å². The average molecular weight is 281 g/mol. The van der Waals surface area contributed by atoms with Crippen LogP contribution < -0.4 is 0 Å². The van der Waals surface area contributed by atoms with Crippen LogP contribution >= 0.6 is 34.3 Å². The molecule has 1 aromatic carbocycles. The second kappa shape index (κ2) is 4.33. The Morgan fingerprint density at radius 3 is 2.76 bits per heavy atom. The van der Waals surface area contributed by atoms with Gasteiger partial charge in [-0.1, -0.05) is 17.7 Å². The van der Waals surface area contributed by atoms with Crippen molar-refractivity contribution in [1.82, 2.24) is 0 Å². The highest BCUT2D eigenvalue weighted by Crippen LogP contribution is 2.34. The Labute approximate surface area is 112 Å². The van der Waals surface area contributed by atoms with Gasteiger partial charge in [-0.25, -0.2) is 0 Å². The van der Waals surface area contributed by atoms with Crippen molar-refractivity contribution in [2.45, 2.75) is 6.42 Å². The lowest BCUT2D eigenvalue weighted by Gasteiger charge is -2.04. The van der Waals surface area contributed by atoms with Crippen molar-refractivity contribution in [3.63, 3.8) is 0 Å². The number of phenols is 1. The molecule has 2 aromatic heterocycles. The number of halogens is 1. The van der Waals surface area contributed by atoms with Crippen LogP contribution in [0, 0.1) is 0 Å². The largest absolute Gasteiger partial charge is 0.507 e. The predicted octanol–water partition coefficient (Wildman–Crippen LogP) is 4.91. The van der Waals surface area contributed by atoms with E-state index in [1.54, 1.807) is 22.7 Å². The third-order valence-corrected chi connectivity index (χ3v) is 4.80. The lowest BCUT2D eigenvalue weighted by atomic mass is 10.1. The molecule has 3 aromatic rings. The third kappa shape index (κ3) is 2.06. The van der Waals surface area contributed by atoms with Gasteiger partial charge in [0.15, 0.2) is 0 Å². The van der Waals surface area contributed by atoms with Crippen molar-refractivity contribution >= 4 is 44.4 Å². The topological polar surface area (TPSA) is 20.2 Å². The van der Waals surface area contributed by atoms with Gasteiger partial charge in [-0.05, 0) is 35.2 Å². The molecule has 0 aliphatic rings. The monoisotopic (exact) mass is 280 g/mol. The highest BCUT2D eigenvalue weighted by molar-refractivity contribution is 7.17. The van der Waals surface area contributed by atoms with Crippen LogP contribution in [0.1, 0.15) is 10.4 Å². The first kappa shape index (κ1) is 11.1. The molecule has 0 amide bonds. The van der Waals surface area contributed by atoms with E-state index in [-0.39, 0.29) is 0 Å². The van der Waals surface area contributed by atoms with E-state index in [4.69, 9.17) is 11.6 Å². The van der Waals surface area contributed by atoms with Crippen LogP contribution in [-0.4, -0.2) is 5.11 Å². The molecule has 0 radical (unpaired) electrons. The molecule has 2 heterocycles. The van der Waals surface area contributed by atoms with Crippen LogP contribution in [0.3, 0.4) is 0 Å². The fourth-order valence-corrected chi connectivity index (χ4v) is 3.75. The molecule has 0 aliphatic heterocycles. The van der Waals surface area contributed by atoms with Crippen LogP contribution in [0.15, 0.2) is 35.7 Å². The SMILES string of the molecule is Oc1c(Cc2ccc(Cl)s2)ccc2sccc12. The van der Waals surface area contributed by atoms with E-state index >= 15 is 0 Å². The molecule has 0 spiro atoms. The van der Waals surface area contributed by atoms with Crippen molar-refractivity contribution in [1.29, 1.82) is 0 Å². The molecule has 86 valence electrons. The number of benzene rings is 1. The number of rotatable bonds is 2. The molecule has 3 rings (SSSR count). The van der Waals surface area contributed by atoms with Gasteiger partial charge >= 0.3 is 0 Å². The van der Waals surface area contributed by atoms with Gasteiger partial charge in [-0.3, -0.25) is 0 Å². The Bertz CT molecular complexity index is 669. The summed E-state index contributed by atoms with van der Waals surface area (Å²) in [5.41, 5.74) is 0.953. The zero-order valence-corrected chi connectivity index (χ0v) is 11.2. The van der Waals surface area contributed by atoms with E-state index in [2.05, 4.69) is 6.07 Å². The number of hydrogen-bond donors (Lipinski definition) is 1. The zero-order chi connectivity index (χ0) is 11.8. The Balaban J connectivity index is 2.02. The molecule has 0 saturated heterocycles. The molecule has 0 fully saturated rings. The molecule has 0 bridgehead atoms. The summed E-state index contributed by atoms with van der Waals surface area (Å²) < 4.78 is 1.91. The molecule has 0 unspecified atom stereocenters. The summed E-state index contributed by atoms with van der Waals surface area (Å²) in [4.78, 5) is 1.17. The van der Waals surface area contributed by atoms with Gasteiger partial charge in [0.25, 0.3) is 0 Å². The maximum atomic E-state index is 10.2. The summed E-state index contributed by atoms with van der Waals surface area (Å²) in [7, 11) is 0. The highest BCUT2D eigenvalue weighted by atomic mass is 35.5. The van der Waals surface area contributed by atoms with Gasteiger partial charge in [0, 0.05) is 21.4 Å². The first-order chi connectivity index (χ1) is 8.24. The first-order valence-electron chi connectivity index (χ1n) is 5.16. The van der Waals surface area contributed by atoms with Crippen LogP contribution in [0.4, 0.5) is 0 Å². The summed E-state index contributed by atoms with van der Waals surface area (Å²) in [5.74, 6) is 0.397. The predicted molar refractivity (Wildman–Crippen MR) is 75.6 cm³/mol. The van der Waals surface area contributed by atoms with Gasteiger partial charge < -0.3 is 5.11 Å². The molecule has 1 N–H and O–H groups in total. The minimum absolute atomic E-state index is 0.397. The molecule has 0 aliphatic carbocycles. The second-order valence-corrected chi connectivity index (χ2v) is 6.54. The molecule has 0 saturated carbocycles. The number of thiophene rings is 2. The Hall–Kier alpha value is -1.03. The fourth-order valence-electron chi connectivity index (χ4n) is 1.85. The Kier molecular flexibility index (Phi) is 2.82. The molecule has 17 heavy (non-hydrogen) atoms. The van der Waals surface area contributed by atoms with Gasteiger partial charge in [-0.2, -0.15) is 0 Å². The van der Waals surface area contributed by atoms with E-state index in [1.807, 2.05) is 29.6 Å².